The van der Waals surface area contributed by atoms with Gasteiger partial charge in [-0.2, -0.15) is 0 Å². The lowest BCUT2D eigenvalue weighted by molar-refractivity contribution is 0.265. The second-order valence-corrected chi connectivity index (χ2v) is 3.93. The number of benzene rings is 2. The minimum Gasteiger partial charge on any atom is -0.497 e. The summed E-state index contributed by atoms with van der Waals surface area (Å²) < 4.78 is 10.8. The maximum atomic E-state index is 5.65. The summed E-state index contributed by atoms with van der Waals surface area (Å²) in [7, 11) is 1.65. The van der Waals surface area contributed by atoms with Crippen LogP contribution >= 0.6 is 0 Å². The van der Waals surface area contributed by atoms with Gasteiger partial charge in [-0.3, -0.25) is 0 Å². The van der Waals surface area contributed by atoms with E-state index in [1.165, 1.54) is 0 Å². The van der Waals surface area contributed by atoms with Gasteiger partial charge in [0.05, 0.1) is 7.11 Å². The molecule has 2 heteroatoms. The van der Waals surface area contributed by atoms with Crippen molar-refractivity contribution >= 4 is 5.76 Å². The lowest BCUT2D eigenvalue weighted by atomic mass is 10.2. The van der Waals surface area contributed by atoms with Crippen molar-refractivity contribution in [1.82, 2.24) is 0 Å². The fraction of sp³-hybridized carbons (Fsp3) is 0.125. The molecule has 0 aliphatic carbocycles. The smallest absolute Gasteiger partial charge is 0.119 e. The molecule has 0 fully saturated rings. The van der Waals surface area contributed by atoms with Crippen molar-refractivity contribution in [3.8, 4) is 5.75 Å². The summed E-state index contributed by atoms with van der Waals surface area (Å²) in [6.45, 7) is 4.47. The number of ether oxygens (including phenoxy) is 2. The van der Waals surface area contributed by atoms with Crippen LogP contribution in [0.1, 0.15) is 11.1 Å². The first kappa shape index (κ1) is 12.2. The van der Waals surface area contributed by atoms with E-state index in [9.17, 15) is 0 Å². The number of rotatable bonds is 5. The van der Waals surface area contributed by atoms with Crippen LogP contribution in [-0.4, -0.2) is 7.11 Å². The molecule has 2 rings (SSSR count). The van der Waals surface area contributed by atoms with Gasteiger partial charge in [-0.15, -0.1) is 0 Å². The first-order valence-corrected chi connectivity index (χ1v) is 5.79. The quantitative estimate of drug-likeness (QED) is 0.738. The normalized spacial score (nSPS) is 9.83. The Kier molecular flexibility index (Phi) is 4.02. The van der Waals surface area contributed by atoms with Gasteiger partial charge in [-0.1, -0.05) is 36.9 Å². The van der Waals surface area contributed by atoms with Crippen LogP contribution in [0, 0.1) is 0 Å². The molecule has 0 aromatic heterocycles. The highest BCUT2D eigenvalue weighted by Gasteiger charge is 2.01. The predicted octanol–water partition coefficient (Wildman–Crippen LogP) is 3.88. The van der Waals surface area contributed by atoms with Crippen molar-refractivity contribution in [3.05, 3.63) is 72.3 Å². The molecule has 0 aliphatic heterocycles. The average molecular weight is 240 g/mol. The second-order valence-electron chi connectivity index (χ2n) is 3.93. The van der Waals surface area contributed by atoms with E-state index in [2.05, 4.69) is 6.58 Å². The van der Waals surface area contributed by atoms with Gasteiger partial charge in [0, 0.05) is 5.56 Å². The zero-order chi connectivity index (χ0) is 12.8. The van der Waals surface area contributed by atoms with Gasteiger partial charge in [-0.25, -0.2) is 0 Å². The van der Waals surface area contributed by atoms with E-state index in [0.717, 1.165) is 16.9 Å². The number of methoxy groups -OCH3 is 1. The van der Waals surface area contributed by atoms with Crippen molar-refractivity contribution < 1.29 is 9.47 Å². The Bertz CT molecular complexity index is 500. The number of hydrogen-bond donors (Lipinski definition) is 0. The van der Waals surface area contributed by atoms with Crippen molar-refractivity contribution in [1.29, 1.82) is 0 Å². The van der Waals surface area contributed by atoms with Gasteiger partial charge in [0.2, 0.25) is 0 Å². The molecule has 0 heterocycles. The van der Waals surface area contributed by atoms with Gasteiger partial charge >= 0.3 is 0 Å². The zero-order valence-electron chi connectivity index (χ0n) is 10.4. The molecule has 0 radical (unpaired) electrons. The van der Waals surface area contributed by atoms with Gasteiger partial charge in [0.1, 0.15) is 18.1 Å². The Morgan fingerprint density at radius 2 is 1.67 bits per heavy atom. The summed E-state index contributed by atoms with van der Waals surface area (Å²) in [4.78, 5) is 0. The molecule has 92 valence electrons. The Hall–Kier alpha value is -2.22. The monoisotopic (exact) mass is 240 g/mol. The highest BCUT2D eigenvalue weighted by molar-refractivity contribution is 5.58. The Labute approximate surface area is 107 Å². The average Bonchev–Trinajstić information content (AvgIpc) is 2.46. The Morgan fingerprint density at radius 1 is 1.00 bits per heavy atom. The van der Waals surface area contributed by atoms with Crippen molar-refractivity contribution in [2.45, 2.75) is 6.61 Å². The molecule has 0 unspecified atom stereocenters. The first-order valence-electron chi connectivity index (χ1n) is 5.79. The molecular formula is C16H16O2. The number of hydrogen-bond acceptors (Lipinski definition) is 2. The highest BCUT2D eigenvalue weighted by atomic mass is 16.5. The third-order valence-electron chi connectivity index (χ3n) is 2.67. The van der Waals surface area contributed by atoms with Crippen LogP contribution in [0.15, 0.2) is 61.2 Å². The first-order chi connectivity index (χ1) is 8.79. The molecule has 0 saturated heterocycles. The maximum absolute atomic E-state index is 5.65. The SMILES string of the molecule is C=C(OCc1ccccc1)c1ccc(OC)cc1. The summed E-state index contributed by atoms with van der Waals surface area (Å²) >= 11 is 0. The van der Waals surface area contributed by atoms with Crippen molar-refractivity contribution in [2.75, 3.05) is 7.11 Å². The van der Waals surface area contributed by atoms with Crippen LogP contribution in [0.25, 0.3) is 5.76 Å². The molecular weight excluding hydrogens is 224 g/mol. The molecule has 18 heavy (non-hydrogen) atoms. The summed E-state index contributed by atoms with van der Waals surface area (Å²) in [5.41, 5.74) is 2.10. The summed E-state index contributed by atoms with van der Waals surface area (Å²) in [5.74, 6) is 1.50. The van der Waals surface area contributed by atoms with E-state index >= 15 is 0 Å². The Morgan fingerprint density at radius 3 is 2.28 bits per heavy atom. The van der Waals surface area contributed by atoms with E-state index in [1.807, 2.05) is 54.6 Å². The van der Waals surface area contributed by atoms with Gasteiger partial charge in [0.15, 0.2) is 0 Å². The molecule has 2 aromatic rings. The summed E-state index contributed by atoms with van der Waals surface area (Å²) in [6.07, 6.45) is 0. The predicted molar refractivity (Wildman–Crippen MR) is 73.3 cm³/mol. The third-order valence-corrected chi connectivity index (χ3v) is 2.67. The molecule has 0 spiro atoms. The van der Waals surface area contributed by atoms with Crippen molar-refractivity contribution in [2.24, 2.45) is 0 Å². The van der Waals surface area contributed by atoms with E-state index in [4.69, 9.17) is 9.47 Å². The fourth-order valence-electron chi connectivity index (χ4n) is 1.60. The summed E-state index contributed by atoms with van der Waals surface area (Å²) in [6, 6.07) is 17.7. The molecule has 2 aromatic carbocycles. The van der Waals surface area contributed by atoms with Crippen LogP contribution in [-0.2, 0) is 11.3 Å². The molecule has 0 N–H and O–H groups in total. The largest absolute Gasteiger partial charge is 0.497 e. The lowest BCUT2D eigenvalue weighted by Gasteiger charge is -2.09. The van der Waals surface area contributed by atoms with Crippen molar-refractivity contribution in [3.63, 3.8) is 0 Å². The second kappa shape index (κ2) is 5.92. The standard InChI is InChI=1S/C16H16O2/c1-13(15-8-10-16(17-2)11-9-15)18-12-14-6-4-3-5-7-14/h3-11H,1,12H2,2H3. The van der Waals surface area contributed by atoms with Gasteiger partial charge in [-0.05, 0) is 29.8 Å². The molecule has 0 amide bonds. The van der Waals surface area contributed by atoms with Gasteiger partial charge < -0.3 is 9.47 Å². The topological polar surface area (TPSA) is 18.5 Å². The third kappa shape index (κ3) is 3.14. The Balaban J connectivity index is 1.95. The lowest BCUT2D eigenvalue weighted by Crippen LogP contribution is -1.92. The minimum atomic E-state index is 0.533. The molecule has 2 nitrogen and oxygen atoms in total. The minimum absolute atomic E-state index is 0.533. The van der Waals surface area contributed by atoms with E-state index in [-0.39, 0.29) is 0 Å². The molecule has 0 bridgehead atoms. The summed E-state index contributed by atoms with van der Waals surface area (Å²) in [5, 5.41) is 0. The van der Waals surface area contributed by atoms with Gasteiger partial charge in [0.25, 0.3) is 0 Å². The van der Waals surface area contributed by atoms with Crippen LogP contribution in [0.2, 0.25) is 0 Å². The van der Waals surface area contributed by atoms with Crippen LogP contribution in [0.5, 0.6) is 5.75 Å². The molecule has 0 aliphatic rings. The molecule has 0 saturated carbocycles. The molecule has 0 atom stereocenters. The van der Waals surface area contributed by atoms with Crippen LogP contribution in [0.3, 0.4) is 0 Å². The zero-order valence-corrected chi connectivity index (χ0v) is 10.4. The van der Waals surface area contributed by atoms with Crippen LogP contribution < -0.4 is 4.74 Å². The van der Waals surface area contributed by atoms with Crippen LogP contribution in [0.4, 0.5) is 0 Å². The maximum Gasteiger partial charge on any atom is 0.119 e. The van der Waals surface area contributed by atoms with E-state index in [1.54, 1.807) is 7.11 Å². The van der Waals surface area contributed by atoms with E-state index < -0.39 is 0 Å². The fourth-order valence-corrected chi connectivity index (χ4v) is 1.60. The van der Waals surface area contributed by atoms with E-state index in [0.29, 0.717) is 12.4 Å². The highest BCUT2D eigenvalue weighted by Crippen LogP contribution is 2.19.